The molecule has 0 atom stereocenters. The van der Waals surface area contributed by atoms with Gasteiger partial charge in [-0.15, -0.1) is 0 Å². The summed E-state index contributed by atoms with van der Waals surface area (Å²) in [5.41, 5.74) is 6.26. The number of carbonyl (C=O) groups is 2. The van der Waals surface area contributed by atoms with E-state index >= 15 is 0 Å². The molecule has 0 saturated heterocycles. The van der Waals surface area contributed by atoms with Gasteiger partial charge in [-0.2, -0.15) is 13.2 Å². The summed E-state index contributed by atoms with van der Waals surface area (Å²) in [6.45, 7) is 0.255. The Bertz CT molecular complexity index is 1750. The predicted octanol–water partition coefficient (Wildman–Crippen LogP) is 8.98. The first-order valence-electron chi connectivity index (χ1n) is 13.8. The fraction of sp³-hybridized carbons (Fsp3) is 0.111. The Balaban J connectivity index is 1.08. The molecule has 1 aliphatic rings. The molecule has 0 saturated carbocycles. The van der Waals surface area contributed by atoms with Crippen LogP contribution in [0.2, 0.25) is 0 Å². The summed E-state index contributed by atoms with van der Waals surface area (Å²) in [6, 6.07) is 34.3. The summed E-state index contributed by atoms with van der Waals surface area (Å²) in [7, 11) is 0. The molecule has 4 nitrogen and oxygen atoms in total. The Labute approximate surface area is 246 Å². The quantitative estimate of drug-likeness (QED) is 0.197. The third kappa shape index (κ3) is 5.79. The van der Waals surface area contributed by atoms with Crippen molar-refractivity contribution in [2.75, 3.05) is 11.9 Å². The van der Waals surface area contributed by atoms with Gasteiger partial charge in [0.1, 0.15) is 0 Å². The van der Waals surface area contributed by atoms with Gasteiger partial charge in [-0.1, -0.05) is 78.9 Å². The van der Waals surface area contributed by atoms with Crippen molar-refractivity contribution in [2.24, 2.45) is 0 Å². The number of alkyl halides is 3. The van der Waals surface area contributed by atoms with Gasteiger partial charge < -0.3 is 10.1 Å². The van der Waals surface area contributed by atoms with Crippen LogP contribution in [-0.2, 0) is 10.9 Å². The van der Waals surface area contributed by atoms with Crippen LogP contribution in [0.5, 0.6) is 0 Å². The third-order valence-corrected chi connectivity index (χ3v) is 7.68. The van der Waals surface area contributed by atoms with Gasteiger partial charge in [-0.05, 0) is 82.3 Å². The van der Waals surface area contributed by atoms with Gasteiger partial charge >= 0.3 is 12.1 Å². The lowest BCUT2D eigenvalue weighted by Gasteiger charge is -2.14. The average molecular weight is 578 g/mol. The molecule has 5 aromatic rings. The maximum Gasteiger partial charge on any atom is 0.416 e. The Hall–Kier alpha value is -5.17. The number of fused-ring (bicyclic) bond motifs is 3. The minimum atomic E-state index is -4.44. The maximum absolute atomic E-state index is 13.1. The number of hydrogen-bond acceptors (Lipinski definition) is 3. The van der Waals surface area contributed by atoms with Gasteiger partial charge in [0, 0.05) is 17.2 Å². The van der Waals surface area contributed by atoms with E-state index in [9.17, 15) is 22.8 Å². The number of ether oxygens (including phenoxy) is 1. The lowest BCUT2D eigenvalue weighted by atomic mass is 9.94. The molecule has 7 heteroatoms. The zero-order valence-corrected chi connectivity index (χ0v) is 22.9. The number of rotatable bonds is 7. The zero-order valence-electron chi connectivity index (χ0n) is 22.9. The summed E-state index contributed by atoms with van der Waals surface area (Å²) in [6.07, 6.45) is -3.78. The average Bonchev–Trinajstić information content (AvgIpc) is 3.34. The maximum atomic E-state index is 13.1. The number of esters is 1. The van der Waals surface area contributed by atoms with Crippen molar-refractivity contribution in [3.8, 4) is 22.3 Å². The molecule has 1 amide bonds. The summed E-state index contributed by atoms with van der Waals surface area (Å²) in [5.74, 6) is -0.726. The Morgan fingerprint density at radius 2 is 1.23 bits per heavy atom. The van der Waals surface area contributed by atoms with E-state index in [0.29, 0.717) is 34.4 Å². The molecular formula is C36H26F3NO3. The SMILES string of the molecule is O=C(OCCC1c2ccccc2-c2ccccc21)c1ccc(NC(=O)c2ccccc2-c2ccc(C(F)(F)F)cc2)cc1. The Morgan fingerprint density at radius 1 is 0.674 bits per heavy atom. The monoisotopic (exact) mass is 577 g/mol. The van der Waals surface area contributed by atoms with Gasteiger partial charge in [-0.3, -0.25) is 4.79 Å². The van der Waals surface area contributed by atoms with Crippen LogP contribution in [-0.4, -0.2) is 18.5 Å². The van der Waals surface area contributed by atoms with E-state index in [1.54, 1.807) is 48.5 Å². The van der Waals surface area contributed by atoms with E-state index in [1.807, 2.05) is 24.3 Å². The van der Waals surface area contributed by atoms with E-state index in [1.165, 1.54) is 34.4 Å². The lowest BCUT2D eigenvalue weighted by Crippen LogP contribution is -2.13. The van der Waals surface area contributed by atoms with E-state index in [4.69, 9.17) is 4.74 Å². The van der Waals surface area contributed by atoms with Crippen molar-refractivity contribution in [3.63, 3.8) is 0 Å². The summed E-state index contributed by atoms with van der Waals surface area (Å²) < 4.78 is 44.5. The molecule has 0 bridgehead atoms. The minimum Gasteiger partial charge on any atom is -0.462 e. The molecule has 0 aromatic heterocycles. The van der Waals surface area contributed by atoms with Gasteiger partial charge in [0.05, 0.1) is 17.7 Å². The smallest absolute Gasteiger partial charge is 0.416 e. The highest BCUT2D eigenvalue weighted by Crippen LogP contribution is 2.46. The highest BCUT2D eigenvalue weighted by molar-refractivity contribution is 6.08. The second-order valence-corrected chi connectivity index (χ2v) is 10.3. The molecule has 0 aliphatic heterocycles. The number of benzene rings is 5. The fourth-order valence-corrected chi connectivity index (χ4v) is 5.58. The van der Waals surface area contributed by atoms with Crippen LogP contribution < -0.4 is 5.32 Å². The first kappa shape index (κ1) is 28.0. The van der Waals surface area contributed by atoms with Gasteiger partial charge in [0.2, 0.25) is 0 Å². The molecule has 0 fully saturated rings. The fourth-order valence-electron chi connectivity index (χ4n) is 5.58. The van der Waals surface area contributed by atoms with E-state index in [0.717, 1.165) is 12.1 Å². The van der Waals surface area contributed by atoms with Gasteiger partial charge in [0.15, 0.2) is 0 Å². The van der Waals surface area contributed by atoms with E-state index < -0.39 is 23.6 Å². The van der Waals surface area contributed by atoms with Crippen molar-refractivity contribution < 1.29 is 27.5 Å². The summed E-state index contributed by atoms with van der Waals surface area (Å²) >= 11 is 0. The number of halogens is 3. The van der Waals surface area contributed by atoms with Crippen LogP contribution in [0.15, 0.2) is 121 Å². The summed E-state index contributed by atoms with van der Waals surface area (Å²) in [5, 5.41) is 2.80. The molecule has 6 rings (SSSR count). The van der Waals surface area contributed by atoms with Crippen LogP contribution in [0.4, 0.5) is 18.9 Å². The minimum absolute atomic E-state index is 0.156. The molecule has 0 radical (unpaired) electrons. The molecule has 5 aromatic carbocycles. The van der Waals surface area contributed by atoms with Crippen LogP contribution in [0, 0.1) is 0 Å². The first-order chi connectivity index (χ1) is 20.8. The van der Waals surface area contributed by atoms with Crippen LogP contribution in [0.3, 0.4) is 0 Å². The topological polar surface area (TPSA) is 55.4 Å². The van der Waals surface area contributed by atoms with Crippen molar-refractivity contribution in [3.05, 3.63) is 149 Å². The number of nitrogens with one attached hydrogen (secondary N) is 1. The lowest BCUT2D eigenvalue weighted by molar-refractivity contribution is -0.137. The molecule has 0 spiro atoms. The molecular weight excluding hydrogens is 551 g/mol. The molecule has 43 heavy (non-hydrogen) atoms. The third-order valence-electron chi connectivity index (χ3n) is 7.68. The van der Waals surface area contributed by atoms with Crippen molar-refractivity contribution >= 4 is 17.6 Å². The highest BCUT2D eigenvalue weighted by atomic mass is 19.4. The normalized spacial score (nSPS) is 12.3. The second-order valence-electron chi connectivity index (χ2n) is 10.3. The molecule has 214 valence electrons. The highest BCUT2D eigenvalue weighted by Gasteiger charge is 2.30. The Kier molecular flexibility index (Phi) is 7.55. The molecule has 1 aliphatic carbocycles. The standard InChI is InChI=1S/C36H26F3NO3/c37-36(38,39)25-17-13-23(14-18-25)27-7-1-6-12-33(27)34(41)40-26-19-15-24(16-20-26)35(42)43-22-21-32-30-10-4-2-8-28(30)29-9-3-5-11-31(29)32/h1-20,32H,21-22H2,(H,40,41). The second kappa shape index (κ2) is 11.6. The first-order valence-corrected chi connectivity index (χ1v) is 13.8. The van der Waals surface area contributed by atoms with E-state index in [-0.39, 0.29) is 12.5 Å². The molecule has 1 N–H and O–H groups in total. The van der Waals surface area contributed by atoms with Crippen molar-refractivity contribution in [2.45, 2.75) is 18.5 Å². The van der Waals surface area contributed by atoms with Crippen LogP contribution in [0.1, 0.15) is 49.7 Å². The zero-order chi connectivity index (χ0) is 30.0. The van der Waals surface area contributed by atoms with Crippen molar-refractivity contribution in [1.29, 1.82) is 0 Å². The van der Waals surface area contributed by atoms with Gasteiger partial charge in [0.25, 0.3) is 5.91 Å². The van der Waals surface area contributed by atoms with E-state index in [2.05, 4.69) is 29.6 Å². The Morgan fingerprint density at radius 3 is 1.84 bits per heavy atom. The molecule has 0 heterocycles. The largest absolute Gasteiger partial charge is 0.462 e. The number of hydrogen-bond donors (Lipinski definition) is 1. The van der Waals surface area contributed by atoms with Crippen LogP contribution in [0.25, 0.3) is 22.3 Å². The predicted molar refractivity (Wildman–Crippen MR) is 160 cm³/mol. The van der Waals surface area contributed by atoms with Crippen molar-refractivity contribution in [1.82, 2.24) is 0 Å². The number of carbonyl (C=O) groups excluding carboxylic acids is 2. The summed E-state index contributed by atoms with van der Waals surface area (Å²) in [4.78, 5) is 25.9. The number of anilines is 1. The molecule has 0 unspecified atom stereocenters. The van der Waals surface area contributed by atoms with Crippen LogP contribution >= 0.6 is 0 Å². The number of amides is 1. The van der Waals surface area contributed by atoms with Gasteiger partial charge in [-0.25, -0.2) is 4.79 Å².